The number of methoxy groups -OCH3 is 1. The summed E-state index contributed by atoms with van der Waals surface area (Å²) in [6, 6.07) is 0. The number of rotatable bonds is 4. The largest absolute Gasteiger partial charge is 0.468 e. The van der Waals surface area contributed by atoms with E-state index in [9.17, 15) is 13.2 Å². The van der Waals surface area contributed by atoms with Crippen LogP contribution < -0.4 is 10.5 Å². The summed E-state index contributed by atoms with van der Waals surface area (Å²) >= 11 is 0. The van der Waals surface area contributed by atoms with Crippen LogP contribution in [0.15, 0.2) is 6.20 Å². The topological polar surface area (TPSA) is 127 Å². The molecule has 0 aliphatic rings. The highest BCUT2D eigenvalue weighted by Crippen LogP contribution is 2.13. The number of hydrogen-bond acceptors (Lipinski definition) is 6. The Morgan fingerprint density at radius 1 is 1.73 bits per heavy atom. The monoisotopic (exact) mass is 234 g/mol. The summed E-state index contributed by atoms with van der Waals surface area (Å²) in [6.45, 7) is 0. The van der Waals surface area contributed by atoms with Crippen molar-refractivity contribution in [3.8, 4) is 0 Å². The molecule has 8 nitrogen and oxygen atoms in total. The minimum Gasteiger partial charge on any atom is -0.468 e. The molecular weight excluding hydrogens is 224 g/mol. The van der Waals surface area contributed by atoms with E-state index in [-0.39, 0.29) is 11.5 Å². The number of carbonyl (C=O) groups is 1. The van der Waals surface area contributed by atoms with Gasteiger partial charge in [0.05, 0.1) is 19.0 Å². The molecule has 0 fully saturated rings. The molecule has 0 unspecified atom stereocenters. The SMILES string of the molecule is COC(=O)CS(=O)(=O)Nc1[nH]ncc1N. The molecule has 0 aromatic carbocycles. The third-order valence-electron chi connectivity index (χ3n) is 1.46. The maximum Gasteiger partial charge on any atom is 0.322 e. The normalized spacial score (nSPS) is 11.0. The van der Waals surface area contributed by atoms with Gasteiger partial charge < -0.3 is 10.5 Å². The molecule has 0 radical (unpaired) electrons. The van der Waals surface area contributed by atoms with Crippen molar-refractivity contribution < 1.29 is 17.9 Å². The van der Waals surface area contributed by atoms with E-state index in [1.165, 1.54) is 6.20 Å². The molecule has 0 bridgehead atoms. The fourth-order valence-electron chi connectivity index (χ4n) is 0.783. The molecule has 0 saturated heterocycles. The Labute approximate surface area is 85.8 Å². The van der Waals surface area contributed by atoms with Gasteiger partial charge in [-0.25, -0.2) is 8.42 Å². The zero-order valence-electron chi connectivity index (χ0n) is 7.85. The number of sulfonamides is 1. The van der Waals surface area contributed by atoms with Crippen molar-refractivity contribution in [2.24, 2.45) is 0 Å². The summed E-state index contributed by atoms with van der Waals surface area (Å²) in [7, 11) is -2.71. The van der Waals surface area contributed by atoms with Crippen molar-refractivity contribution in [2.75, 3.05) is 23.3 Å². The molecule has 0 spiro atoms. The van der Waals surface area contributed by atoms with Crippen molar-refractivity contribution in [1.82, 2.24) is 10.2 Å². The average molecular weight is 234 g/mol. The standard InChI is InChI=1S/C6H10N4O4S/c1-14-5(11)3-15(12,13)10-6-4(7)2-8-9-6/h2H,3,7H2,1H3,(H2,8,9,10). The second kappa shape index (κ2) is 4.17. The predicted octanol–water partition coefficient (Wildman–Crippen LogP) is -1.09. The first-order valence-electron chi connectivity index (χ1n) is 3.81. The van der Waals surface area contributed by atoms with Gasteiger partial charge in [-0.2, -0.15) is 5.10 Å². The highest BCUT2D eigenvalue weighted by Gasteiger charge is 2.18. The quantitative estimate of drug-likeness (QED) is 0.568. The smallest absolute Gasteiger partial charge is 0.322 e. The van der Waals surface area contributed by atoms with Gasteiger partial charge >= 0.3 is 5.97 Å². The first-order valence-corrected chi connectivity index (χ1v) is 5.46. The van der Waals surface area contributed by atoms with Gasteiger partial charge in [0.1, 0.15) is 0 Å². The van der Waals surface area contributed by atoms with E-state index in [1.807, 2.05) is 0 Å². The molecule has 0 saturated carbocycles. The van der Waals surface area contributed by atoms with Crippen LogP contribution in [0.1, 0.15) is 0 Å². The second-order valence-electron chi connectivity index (χ2n) is 2.64. The summed E-state index contributed by atoms with van der Waals surface area (Å²) < 4.78 is 28.9. The number of anilines is 2. The van der Waals surface area contributed by atoms with Crippen LogP contribution in [0.25, 0.3) is 0 Å². The second-order valence-corrected chi connectivity index (χ2v) is 4.36. The third-order valence-corrected chi connectivity index (χ3v) is 2.59. The lowest BCUT2D eigenvalue weighted by molar-refractivity contribution is -0.137. The first-order chi connectivity index (χ1) is 6.94. The minimum atomic E-state index is -3.81. The first kappa shape index (κ1) is 11.3. The Bertz CT molecular complexity index is 451. The van der Waals surface area contributed by atoms with E-state index >= 15 is 0 Å². The molecule has 0 amide bonds. The third kappa shape index (κ3) is 3.13. The van der Waals surface area contributed by atoms with E-state index < -0.39 is 21.7 Å². The summed E-state index contributed by atoms with van der Waals surface area (Å²) in [5.41, 5.74) is 5.52. The van der Waals surface area contributed by atoms with Gasteiger partial charge in [0.15, 0.2) is 11.6 Å². The Kier molecular flexibility index (Phi) is 3.14. The highest BCUT2D eigenvalue weighted by molar-refractivity contribution is 7.93. The summed E-state index contributed by atoms with van der Waals surface area (Å²) in [6.07, 6.45) is 1.25. The van der Waals surface area contributed by atoms with Crippen molar-refractivity contribution in [1.29, 1.82) is 0 Å². The zero-order valence-corrected chi connectivity index (χ0v) is 8.67. The number of carbonyl (C=O) groups excluding carboxylic acids is 1. The maximum absolute atomic E-state index is 11.3. The van der Waals surface area contributed by atoms with Crippen LogP contribution in [0.2, 0.25) is 0 Å². The number of aromatic amines is 1. The van der Waals surface area contributed by atoms with Crippen LogP contribution in [0.5, 0.6) is 0 Å². The van der Waals surface area contributed by atoms with Gasteiger partial charge in [-0.05, 0) is 0 Å². The lowest BCUT2D eigenvalue weighted by Crippen LogP contribution is -2.24. The van der Waals surface area contributed by atoms with Crippen molar-refractivity contribution in [3.63, 3.8) is 0 Å². The fourth-order valence-corrected chi connectivity index (χ4v) is 1.76. The maximum atomic E-state index is 11.3. The minimum absolute atomic E-state index is 0.0268. The number of aromatic nitrogens is 2. The highest BCUT2D eigenvalue weighted by atomic mass is 32.2. The molecular formula is C6H10N4O4S. The molecule has 0 aliphatic heterocycles. The molecule has 1 aromatic heterocycles. The van der Waals surface area contributed by atoms with Crippen LogP contribution >= 0.6 is 0 Å². The molecule has 4 N–H and O–H groups in total. The molecule has 15 heavy (non-hydrogen) atoms. The Hall–Kier alpha value is -1.77. The lowest BCUT2D eigenvalue weighted by atomic mass is 10.6. The molecule has 0 atom stereocenters. The Morgan fingerprint density at radius 2 is 2.40 bits per heavy atom. The molecule has 1 rings (SSSR count). The molecule has 84 valence electrons. The van der Waals surface area contributed by atoms with Gasteiger partial charge in [0.2, 0.25) is 10.0 Å². The summed E-state index contributed by atoms with van der Waals surface area (Å²) in [5, 5.41) is 5.85. The molecule has 0 aliphatic carbocycles. The Morgan fingerprint density at radius 3 is 2.87 bits per heavy atom. The number of hydrogen-bond donors (Lipinski definition) is 3. The number of nitrogens with zero attached hydrogens (tertiary/aromatic N) is 1. The number of nitrogens with one attached hydrogen (secondary N) is 2. The fraction of sp³-hybridized carbons (Fsp3) is 0.333. The van der Waals surface area contributed by atoms with E-state index in [4.69, 9.17) is 5.73 Å². The van der Waals surface area contributed by atoms with Gasteiger partial charge in [0, 0.05) is 0 Å². The van der Waals surface area contributed by atoms with Gasteiger partial charge in [-0.1, -0.05) is 0 Å². The average Bonchev–Trinajstić information content (AvgIpc) is 2.50. The lowest BCUT2D eigenvalue weighted by Gasteiger charge is -2.04. The van der Waals surface area contributed by atoms with E-state index in [0.717, 1.165) is 7.11 Å². The van der Waals surface area contributed by atoms with Crippen LogP contribution in [0, 0.1) is 0 Å². The number of esters is 1. The number of H-pyrrole nitrogens is 1. The molecule has 1 aromatic rings. The van der Waals surface area contributed by atoms with Crippen molar-refractivity contribution in [3.05, 3.63) is 6.20 Å². The molecule has 1 heterocycles. The van der Waals surface area contributed by atoms with Crippen molar-refractivity contribution in [2.45, 2.75) is 0 Å². The number of nitrogens with two attached hydrogens (primary N) is 1. The van der Waals surface area contributed by atoms with Crippen molar-refractivity contribution >= 4 is 27.5 Å². The van der Waals surface area contributed by atoms with Crippen LogP contribution in [0.4, 0.5) is 11.5 Å². The van der Waals surface area contributed by atoms with Gasteiger partial charge in [-0.3, -0.25) is 14.6 Å². The van der Waals surface area contributed by atoms with E-state index in [2.05, 4.69) is 19.7 Å². The van der Waals surface area contributed by atoms with Crippen LogP contribution in [-0.2, 0) is 19.6 Å². The number of ether oxygens (including phenoxy) is 1. The van der Waals surface area contributed by atoms with Crippen LogP contribution in [0.3, 0.4) is 0 Å². The Balaban J connectivity index is 2.73. The predicted molar refractivity (Wildman–Crippen MR) is 52.4 cm³/mol. The number of nitrogen functional groups attached to an aromatic ring is 1. The van der Waals surface area contributed by atoms with Gasteiger partial charge in [0.25, 0.3) is 0 Å². The molecule has 9 heteroatoms. The van der Waals surface area contributed by atoms with E-state index in [0.29, 0.717) is 0 Å². The van der Waals surface area contributed by atoms with Gasteiger partial charge in [-0.15, -0.1) is 0 Å². The summed E-state index contributed by atoms with van der Waals surface area (Å²) in [5.74, 6) is -1.61. The van der Waals surface area contributed by atoms with Crippen LogP contribution in [-0.4, -0.2) is 37.4 Å². The zero-order chi connectivity index (χ0) is 11.5. The van der Waals surface area contributed by atoms with E-state index in [1.54, 1.807) is 0 Å². The summed E-state index contributed by atoms with van der Waals surface area (Å²) in [4.78, 5) is 10.7.